The average Bonchev–Trinajstić information content (AvgIpc) is 3.16. The Labute approximate surface area is 328 Å². The highest BCUT2D eigenvalue weighted by atomic mass is 35.5. The van der Waals surface area contributed by atoms with Crippen molar-refractivity contribution in [1.82, 2.24) is 0 Å². The molecule has 0 bridgehead atoms. The third kappa shape index (κ3) is 10.5. The average molecular weight is 795 g/mol. The molecule has 5 aromatic rings. The molecule has 0 aliphatic heterocycles. The zero-order valence-corrected chi connectivity index (χ0v) is 32.2. The number of hydrogen-bond donors (Lipinski definition) is 2. The summed E-state index contributed by atoms with van der Waals surface area (Å²) in [6.07, 6.45) is 7.49. The highest BCUT2D eigenvalue weighted by Crippen LogP contribution is 2.40. The number of hydrogen-bond acceptors (Lipinski definition) is 7. The van der Waals surface area contributed by atoms with Crippen LogP contribution < -0.4 is 25.3 Å². The minimum Gasteiger partial charge on any atom is -0.506 e. The van der Waals surface area contributed by atoms with Gasteiger partial charge in [0.1, 0.15) is 17.1 Å². The van der Waals surface area contributed by atoms with Gasteiger partial charge in [0.25, 0.3) is 5.91 Å². The topological polar surface area (TPSA) is 118 Å². The fraction of sp³-hybridized carbons (Fsp3) is 0.372. The Morgan fingerprint density at radius 3 is 2.12 bits per heavy atom. The molecular formula is C43H46ClF3N2O7. The number of nitrogens with one attached hydrogen (secondary N) is 1. The van der Waals surface area contributed by atoms with Gasteiger partial charge in [-0.2, -0.15) is 13.2 Å². The number of unbranched alkanes of at least 4 members (excludes halogenated alkanes) is 11. The van der Waals surface area contributed by atoms with E-state index >= 15 is 0 Å². The van der Waals surface area contributed by atoms with Crippen LogP contribution in [-0.2, 0) is 6.18 Å². The second kappa shape index (κ2) is 19.6. The number of amides is 2. The molecule has 56 heavy (non-hydrogen) atoms. The molecule has 1 aromatic heterocycles. The van der Waals surface area contributed by atoms with E-state index in [4.69, 9.17) is 25.5 Å². The maximum absolute atomic E-state index is 14.0. The van der Waals surface area contributed by atoms with Crippen molar-refractivity contribution in [3.8, 4) is 17.2 Å². The van der Waals surface area contributed by atoms with Crippen molar-refractivity contribution >= 4 is 56.7 Å². The Balaban J connectivity index is 1.39. The lowest BCUT2D eigenvalue weighted by Crippen LogP contribution is -2.34. The van der Waals surface area contributed by atoms with Crippen LogP contribution in [0.1, 0.15) is 99.9 Å². The first-order valence-corrected chi connectivity index (χ1v) is 19.3. The molecular weight excluding hydrogens is 749 g/mol. The molecule has 0 unspecified atom stereocenters. The lowest BCUT2D eigenvalue weighted by Gasteiger charge is -2.24. The third-order valence-electron chi connectivity index (χ3n) is 9.66. The fourth-order valence-corrected chi connectivity index (χ4v) is 6.93. The van der Waals surface area contributed by atoms with E-state index in [0.717, 1.165) is 37.8 Å². The van der Waals surface area contributed by atoms with Crippen molar-refractivity contribution in [2.45, 2.75) is 90.1 Å². The molecule has 0 saturated heterocycles. The molecule has 5 rings (SSSR count). The summed E-state index contributed by atoms with van der Waals surface area (Å²) in [6, 6.07) is 17.1. The number of halogens is 4. The van der Waals surface area contributed by atoms with Gasteiger partial charge in [-0.15, -0.1) is 0 Å². The summed E-state index contributed by atoms with van der Waals surface area (Å²) in [5.41, 5.74) is -2.18. The number of phenolic OH excluding ortho intramolecular Hbond substituents is 1. The predicted molar refractivity (Wildman–Crippen MR) is 214 cm³/mol. The minimum atomic E-state index is -4.87. The maximum atomic E-state index is 14.0. The van der Waals surface area contributed by atoms with E-state index in [1.165, 1.54) is 63.0 Å². The van der Waals surface area contributed by atoms with Crippen LogP contribution in [-0.4, -0.2) is 30.8 Å². The predicted octanol–water partition coefficient (Wildman–Crippen LogP) is 12.3. The van der Waals surface area contributed by atoms with Gasteiger partial charge in [-0.3, -0.25) is 9.69 Å². The molecule has 0 fully saturated rings. The van der Waals surface area contributed by atoms with Crippen molar-refractivity contribution in [3.63, 3.8) is 0 Å². The number of benzene rings is 4. The monoisotopic (exact) mass is 794 g/mol. The second-order valence-corrected chi connectivity index (χ2v) is 14.1. The van der Waals surface area contributed by atoms with Gasteiger partial charge in [-0.05, 0) is 36.8 Å². The number of carbonyl (C=O) groups is 2. The lowest BCUT2D eigenvalue weighted by atomic mass is 10.0. The van der Waals surface area contributed by atoms with Crippen LogP contribution >= 0.6 is 11.6 Å². The molecule has 0 radical (unpaired) electrons. The molecule has 2 amide bonds. The fourth-order valence-electron chi connectivity index (χ4n) is 6.73. The van der Waals surface area contributed by atoms with Crippen LogP contribution in [0.5, 0.6) is 17.2 Å². The zero-order chi connectivity index (χ0) is 40.2. The van der Waals surface area contributed by atoms with Crippen molar-refractivity contribution in [2.75, 3.05) is 23.9 Å². The van der Waals surface area contributed by atoms with Gasteiger partial charge in [-0.1, -0.05) is 119 Å². The number of anilines is 2. The molecule has 13 heteroatoms. The molecule has 4 aromatic carbocycles. The van der Waals surface area contributed by atoms with E-state index in [1.807, 2.05) is 0 Å². The summed E-state index contributed by atoms with van der Waals surface area (Å²) in [6.45, 7) is 2.39. The standard InChI is InChI=1S/C43H46ClF3N2O7/c1-3-4-5-6-7-8-9-10-11-12-13-16-24-49(42(53)56-38-27-37-31(25-33(38)44)32(43(45,46)47)26-39(50)55-37)35-20-17-18-29-28(35)22-23-30(40(29)51)41(52)48-34-19-14-15-21-36(34)54-2/h14-15,17-23,25-27,51H,3-13,16,24H2,1-2H3,(H,48,52). The number of nitrogens with zero attached hydrogens (tertiary/aromatic N) is 1. The summed E-state index contributed by atoms with van der Waals surface area (Å²) >= 11 is 6.37. The lowest BCUT2D eigenvalue weighted by molar-refractivity contribution is -0.136. The number of aromatic hydroxyl groups is 1. The van der Waals surface area contributed by atoms with Crippen LogP contribution in [0.2, 0.25) is 5.02 Å². The highest BCUT2D eigenvalue weighted by Gasteiger charge is 2.34. The number of para-hydroxylation sites is 2. The van der Waals surface area contributed by atoms with E-state index in [0.29, 0.717) is 35.0 Å². The highest BCUT2D eigenvalue weighted by molar-refractivity contribution is 6.33. The number of ether oxygens (including phenoxy) is 2. The first kappa shape index (κ1) is 41.9. The Hall–Kier alpha value is -5.23. The molecule has 9 nitrogen and oxygen atoms in total. The SMILES string of the molecule is CCCCCCCCCCCCCCN(C(=O)Oc1cc2oc(=O)cc(C(F)(F)F)c2cc1Cl)c1cccc2c(O)c(C(=O)Nc3ccccc3OC)ccc12. The van der Waals surface area contributed by atoms with Crippen molar-refractivity contribution in [2.24, 2.45) is 0 Å². The van der Waals surface area contributed by atoms with Crippen LogP contribution in [0.15, 0.2) is 82.0 Å². The first-order chi connectivity index (χ1) is 26.9. The van der Waals surface area contributed by atoms with Crippen molar-refractivity contribution in [1.29, 1.82) is 0 Å². The van der Waals surface area contributed by atoms with Crippen molar-refractivity contribution < 1.29 is 41.8 Å². The van der Waals surface area contributed by atoms with Crippen LogP contribution in [0.25, 0.3) is 21.7 Å². The summed E-state index contributed by atoms with van der Waals surface area (Å²) in [7, 11) is 1.48. The van der Waals surface area contributed by atoms with E-state index in [9.17, 15) is 32.7 Å². The normalized spacial score (nSPS) is 11.5. The summed E-state index contributed by atoms with van der Waals surface area (Å²) < 4.78 is 57.2. The maximum Gasteiger partial charge on any atom is 0.419 e. The van der Waals surface area contributed by atoms with Gasteiger partial charge in [0.15, 0.2) is 5.75 Å². The Morgan fingerprint density at radius 1 is 0.804 bits per heavy atom. The van der Waals surface area contributed by atoms with Crippen LogP contribution in [0.4, 0.5) is 29.3 Å². The second-order valence-electron chi connectivity index (χ2n) is 13.7. The van der Waals surface area contributed by atoms with Crippen LogP contribution in [0.3, 0.4) is 0 Å². The Kier molecular flexibility index (Phi) is 14.7. The van der Waals surface area contributed by atoms with Crippen molar-refractivity contribution in [3.05, 3.63) is 99.4 Å². The largest absolute Gasteiger partial charge is 0.506 e. The molecule has 0 saturated carbocycles. The van der Waals surface area contributed by atoms with E-state index < -0.39 is 40.3 Å². The molecule has 0 atom stereocenters. The van der Waals surface area contributed by atoms with E-state index in [1.54, 1.807) is 48.5 Å². The number of alkyl halides is 3. The molecule has 298 valence electrons. The quantitative estimate of drug-likeness (QED) is 0.0669. The minimum absolute atomic E-state index is 0.0155. The molecule has 0 aliphatic carbocycles. The Bertz CT molecular complexity index is 2210. The first-order valence-electron chi connectivity index (χ1n) is 19.0. The zero-order valence-electron chi connectivity index (χ0n) is 31.5. The van der Waals surface area contributed by atoms with Crippen LogP contribution in [0, 0.1) is 0 Å². The van der Waals surface area contributed by atoms with Gasteiger partial charge < -0.3 is 24.3 Å². The Morgan fingerprint density at radius 2 is 1.46 bits per heavy atom. The van der Waals surface area contributed by atoms with Gasteiger partial charge in [0.2, 0.25) is 0 Å². The van der Waals surface area contributed by atoms with Gasteiger partial charge in [0.05, 0.1) is 34.6 Å². The molecule has 0 spiro atoms. The number of phenols is 1. The number of carbonyl (C=O) groups excluding carboxylic acids is 2. The molecule has 2 N–H and O–H groups in total. The van der Waals surface area contributed by atoms with E-state index in [-0.39, 0.29) is 34.0 Å². The number of methoxy groups -OCH3 is 1. The van der Waals surface area contributed by atoms with Gasteiger partial charge in [-0.25, -0.2) is 9.59 Å². The summed E-state index contributed by atoms with van der Waals surface area (Å²) in [4.78, 5) is 40.7. The smallest absolute Gasteiger partial charge is 0.419 e. The summed E-state index contributed by atoms with van der Waals surface area (Å²) in [5.74, 6) is -0.781. The van der Waals surface area contributed by atoms with Gasteiger partial charge in [0, 0.05) is 34.8 Å². The molecule has 1 heterocycles. The third-order valence-corrected chi connectivity index (χ3v) is 9.95. The van der Waals surface area contributed by atoms with E-state index in [2.05, 4.69) is 12.2 Å². The molecule has 0 aliphatic rings. The summed E-state index contributed by atoms with van der Waals surface area (Å²) in [5, 5.41) is 14.1. The van der Waals surface area contributed by atoms with Gasteiger partial charge >= 0.3 is 17.9 Å². The number of fused-ring (bicyclic) bond motifs is 2. The number of rotatable bonds is 18.